The van der Waals surface area contributed by atoms with Gasteiger partial charge in [0.15, 0.2) is 5.11 Å². The van der Waals surface area contributed by atoms with Crippen LogP contribution in [0.1, 0.15) is 44.1 Å². The molecule has 22 heavy (non-hydrogen) atoms. The summed E-state index contributed by atoms with van der Waals surface area (Å²) in [7, 11) is 0. The number of hydrogen-bond acceptors (Lipinski definition) is 2. The molecule has 122 valence electrons. The molecule has 2 N–H and O–H groups in total. The molecule has 0 aliphatic heterocycles. The predicted octanol–water partition coefficient (Wildman–Crippen LogP) is 4.67. The van der Waals surface area contributed by atoms with Crippen molar-refractivity contribution in [3.8, 4) is 0 Å². The minimum absolute atomic E-state index is 0.480. The number of hydrogen-bond donors (Lipinski definition) is 2. The monoisotopic (exact) mass is 340 g/mol. The lowest BCUT2D eigenvalue weighted by Gasteiger charge is -2.22. The summed E-state index contributed by atoms with van der Waals surface area (Å²) < 4.78 is 5.90. The largest absolute Gasteiger partial charge is 0.378 e. The Labute approximate surface area is 143 Å². The highest BCUT2D eigenvalue weighted by Crippen LogP contribution is 2.23. The summed E-state index contributed by atoms with van der Waals surface area (Å²) in [6.45, 7) is 3.60. The Bertz CT molecular complexity index is 490. The van der Waals surface area contributed by atoms with E-state index in [1.807, 2.05) is 25.1 Å². The Kier molecular flexibility index (Phi) is 7.43. The Morgan fingerprint density at radius 2 is 2.09 bits per heavy atom. The van der Waals surface area contributed by atoms with E-state index < -0.39 is 0 Å². The van der Waals surface area contributed by atoms with E-state index in [1.54, 1.807) is 0 Å². The minimum Gasteiger partial charge on any atom is -0.378 e. The fourth-order valence-corrected chi connectivity index (χ4v) is 3.05. The summed E-state index contributed by atoms with van der Waals surface area (Å²) in [6.07, 6.45) is 7.89. The van der Waals surface area contributed by atoms with Crippen LogP contribution in [0.2, 0.25) is 5.02 Å². The van der Waals surface area contributed by atoms with Crippen molar-refractivity contribution >= 4 is 34.6 Å². The maximum Gasteiger partial charge on any atom is 0.170 e. The molecule has 0 radical (unpaired) electrons. The van der Waals surface area contributed by atoms with Crippen LogP contribution in [0.3, 0.4) is 0 Å². The molecule has 0 amide bonds. The van der Waals surface area contributed by atoms with E-state index in [-0.39, 0.29) is 0 Å². The van der Waals surface area contributed by atoms with E-state index in [1.165, 1.54) is 32.1 Å². The molecule has 1 aromatic rings. The maximum absolute atomic E-state index is 6.10. The highest BCUT2D eigenvalue weighted by molar-refractivity contribution is 7.80. The topological polar surface area (TPSA) is 33.3 Å². The van der Waals surface area contributed by atoms with Crippen molar-refractivity contribution in [3.63, 3.8) is 0 Å². The number of thiocarbonyl (C=S) groups is 1. The second-order valence-corrected chi connectivity index (χ2v) is 6.59. The number of ether oxygens (including phenoxy) is 1. The first-order valence-electron chi connectivity index (χ1n) is 8.08. The van der Waals surface area contributed by atoms with E-state index in [0.29, 0.717) is 11.2 Å². The van der Waals surface area contributed by atoms with Gasteiger partial charge in [0.2, 0.25) is 0 Å². The predicted molar refractivity (Wildman–Crippen MR) is 97.9 cm³/mol. The van der Waals surface area contributed by atoms with Gasteiger partial charge >= 0.3 is 0 Å². The lowest BCUT2D eigenvalue weighted by Crippen LogP contribution is -2.30. The first kappa shape index (κ1) is 17.5. The summed E-state index contributed by atoms with van der Waals surface area (Å²) in [5.41, 5.74) is 1.96. The van der Waals surface area contributed by atoms with E-state index >= 15 is 0 Å². The third-order valence-corrected chi connectivity index (χ3v) is 4.68. The molecule has 0 atom stereocenters. The summed E-state index contributed by atoms with van der Waals surface area (Å²) in [4.78, 5) is 0. The van der Waals surface area contributed by atoms with Crippen molar-refractivity contribution < 1.29 is 4.74 Å². The highest BCUT2D eigenvalue weighted by atomic mass is 35.5. The van der Waals surface area contributed by atoms with Crippen molar-refractivity contribution in [1.82, 2.24) is 5.32 Å². The number of rotatable bonds is 6. The minimum atomic E-state index is 0.480. The van der Waals surface area contributed by atoms with Crippen LogP contribution in [-0.2, 0) is 4.74 Å². The molecule has 0 heterocycles. The molecule has 0 spiro atoms. The second-order valence-electron chi connectivity index (χ2n) is 5.78. The van der Waals surface area contributed by atoms with Crippen LogP contribution < -0.4 is 10.6 Å². The number of halogens is 1. The normalized spacial score (nSPS) is 15.5. The molecule has 1 saturated carbocycles. The van der Waals surface area contributed by atoms with Gasteiger partial charge in [-0.25, -0.2) is 0 Å². The molecule has 2 rings (SSSR count). The van der Waals surface area contributed by atoms with E-state index in [0.717, 1.165) is 35.8 Å². The van der Waals surface area contributed by atoms with Crippen LogP contribution in [0.4, 0.5) is 5.69 Å². The van der Waals surface area contributed by atoms with Gasteiger partial charge < -0.3 is 15.4 Å². The van der Waals surface area contributed by atoms with Crippen LogP contribution in [0.25, 0.3) is 0 Å². The van der Waals surface area contributed by atoms with Gasteiger partial charge in [0.25, 0.3) is 0 Å². The van der Waals surface area contributed by atoms with Gasteiger partial charge in [-0.2, -0.15) is 0 Å². The molecule has 0 unspecified atom stereocenters. The van der Waals surface area contributed by atoms with Crippen LogP contribution in [0.15, 0.2) is 18.2 Å². The Morgan fingerprint density at radius 3 is 2.86 bits per heavy atom. The van der Waals surface area contributed by atoms with E-state index in [2.05, 4.69) is 10.6 Å². The van der Waals surface area contributed by atoms with Gasteiger partial charge in [-0.3, -0.25) is 0 Å². The lowest BCUT2D eigenvalue weighted by atomic mass is 9.98. The van der Waals surface area contributed by atoms with Crippen LogP contribution in [0.5, 0.6) is 0 Å². The van der Waals surface area contributed by atoms with Gasteiger partial charge in [0, 0.05) is 23.9 Å². The molecule has 1 aromatic carbocycles. The molecular formula is C17H25ClN2OS. The third kappa shape index (κ3) is 5.75. The standard InChI is InChI=1S/C17H25ClN2OS/c1-13-15(18)9-5-10-16(13)20-17(22)19-11-6-12-21-14-7-3-2-4-8-14/h5,9-10,14H,2-4,6-8,11-12H2,1H3,(H2,19,20,22). The van der Waals surface area contributed by atoms with Crippen LogP contribution in [0, 0.1) is 6.92 Å². The average Bonchev–Trinajstić information content (AvgIpc) is 2.52. The first-order valence-corrected chi connectivity index (χ1v) is 8.87. The SMILES string of the molecule is Cc1c(Cl)cccc1NC(=S)NCCCOC1CCCCC1. The summed E-state index contributed by atoms with van der Waals surface area (Å²) >= 11 is 11.4. The van der Waals surface area contributed by atoms with Gasteiger partial charge in [-0.15, -0.1) is 0 Å². The van der Waals surface area contributed by atoms with Gasteiger partial charge in [0.05, 0.1) is 6.10 Å². The average molecular weight is 341 g/mol. The fraction of sp³-hybridized carbons (Fsp3) is 0.588. The van der Waals surface area contributed by atoms with Gasteiger partial charge in [-0.1, -0.05) is 36.9 Å². The molecular weight excluding hydrogens is 316 g/mol. The summed E-state index contributed by atoms with van der Waals surface area (Å²) in [5, 5.41) is 7.77. The highest BCUT2D eigenvalue weighted by Gasteiger charge is 2.13. The van der Waals surface area contributed by atoms with Crippen molar-refractivity contribution in [1.29, 1.82) is 0 Å². The zero-order chi connectivity index (χ0) is 15.8. The zero-order valence-electron chi connectivity index (χ0n) is 13.2. The second kappa shape index (κ2) is 9.33. The van der Waals surface area contributed by atoms with Gasteiger partial charge in [-0.05, 0) is 56.1 Å². The maximum atomic E-state index is 6.10. The van der Waals surface area contributed by atoms with Gasteiger partial charge in [0.1, 0.15) is 0 Å². The lowest BCUT2D eigenvalue weighted by molar-refractivity contribution is 0.0277. The number of nitrogens with one attached hydrogen (secondary N) is 2. The Hall–Kier alpha value is -0.840. The number of anilines is 1. The third-order valence-electron chi connectivity index (χ3n) is 4.03. The Balaban J connectivity index is 1.60. The molecule has 1 aliphatic rings. The molecule has 5 heteroatoms. The summed E-state index contributed by atoms with van der Waals surface area (Å²) in [5.74, 6) is 0. The van der Waals surface area contributed by atoms with E-state index in [4.69, 9.17) is 28.6 Å². The molecule has 3 nitrogen and oxygen atoms in total. The smallest absolute Gasteiger partial charge is 0.170 e. The van der Waals surface area contributed by atoms with Crippen LogP contribution >= 0.6 is 23.8 Å². The van der Waals surface area contributed by atoms with Crippen molar-refractivity contribution in [2.24, 2.45) is 0 Å². The van der Waals surface area contributed by atoms with E-state index in [9.17, 15) is 0 Å². The zero-order valence-corrected chi connectivity index (χ0v) is 14.7. The van der Waals surface area contributed by atoms with Crippen molar-refractivity contribution in [2.75, 3.05) is 18.5 Å². The number of benzene rings is 1. The fourth-order valence-electron chi connectivity index (χ4n) is 2.67. The molecule has 1 fully saturated rings. The summed E-state index contributed by atoms with van der Waals surface area (Å²) in [6, 6.07) is 5.76. The van der Waals surface area contributed by atoms with Crippen LogP contribution in [-0.4, -0.2) is 24.4 Å². The molecule has 0 aromatic heterocycles. The quantitative estimate of drug-likeness (QED) is 0.582. The van der Waals surface area contributed by atoms with Crippen molar-refractivity contribution in [2.45, 2.75) is 51.6 Å². The molecule has 1 aliphatic carbocycles. The molecule has 0 bridgehead atoms. The van der Waals surface area contributed by atoms with Crippen molar-refractivity contribution in [3.05, 3.63) is 28.8 Å². The Morgan fingerprint density at radius 1 is 1.32 bits per heavy atom. The first-order chi connectivity index (χ1) is 10.7. The molecule has 0 saturated heterocycles.